The maximum Gasteiger partial charge on any atom is 0.308 e. The molecule has 3 rings (SSSR count). The van der Waals surface area contributed by atoms with Crippen molar-refractivity contribution in [2.45, 2.75) is 64.5 Å². The summed E-state index contributed by atoms with van der Waals surface area (Å²) in [5.41, 5.74) is 1.04. The molecule has 0 unspecified atom stereocenters. The van der Waals surface area contributed by atoms with Crippen LogP contribution in [0, 0.1) is 0 Å². The number of ether oxygens (including phenoxy) is 1. The number of pyridine rings is 1. The van der Waals surface area contributed by atoms with Crippen molar-refractivity contribution in [3.05, 3.63) is 66.0 Å². The van der Waals surface area contributed by atoms with Gasteiger partial charge in [0.25, 0.3) is 0 Å². The maximum absolute atomic E-state index is 12.9. The van der Waals surface area contributed by atoms with Crippen LogP contribution in [-0.2, 0) is 32.1 Å². The third-order valence-electron chi connectivity index (χ3n) is 5.82. The lowest BCUT2D eigenvalue weighted by atomic mass is 9.88. The number of benzene rings is 1. The number of nitrogens with zero attached hydrogens (tertiary/aromatic N) is 3. The van der Waals surface area contributed by atoms with Crippen molar-refractivity contribution in [2.75, 3.05) is 6.54 Å². The van der Waals surface area contributed by atoms with Crippen molar-refractivity contribution in [3.8, 4) is 0 Å². The van der Waals surface area contributed by atoms with Crippen LogP contribution >= 0.6 is 0 Å². The van der Waals surface area contributed by atoms with Crippen molar-refractivity contribution in [2.24, 2.45) is 0 Å². The Morgan fingerprint density at radius 3 is 2.47 bits per heavy atom. The maximum atomic E-state index is 12.9. The standard InChI is InChI=1S/C25H31N3O4/c1-20(29)28(27-17-7-6-10-23(27)30)25(2,14-11-21-12-15-26-16-13-21)18-24(31)32-19-22-8-4-3-5-9-22/h3-5,8-9,12-13,15-16H,6-7,10-11,14,17-19H2,1-2H3/t25-/m1/s1. The number of hydrazine groups is 1. The summed E-state index contributed by atoms with van der Waals surface area (Å²) in [4.78, 5) is 42.4. The highest BCUT2D eigenvalue weighted by atomic mass is 16.5. The molecule has 0 radical (unpaired) electrons. The number of aromatic nitrogens is 1. The molecule has 1 atom stereocenters. The summed E-state index contributed by atoms with van der Waals surface area (Å²) in [6.07, 6.45) is 6.62. The molecule has 1 fully saturated rings. The third-order valence-corrected chi connectivity index (χ3v) is 5.82. The molecule has 1 aliphatic rings. The number of piperidine rings is 1. The van der Waals surface area contributed by atoms with Gasteiger partial charge in [-0.25, -0.2) is 5.01 Å². The van der Waals surface area contributed by atoms with E-state index in [9.17, 15) is 14.4 Å². The number of rotatable bonds is 9. The third kappa shape index (κ3) is 6.15. The van der Waals surface area contributed by atoms with Gasteiger partial charge < -0.3 is 4.74 Å². The Bertz CT molecular complexity index is 919. The van der Waals surface area contributed by atoms with Crippen LogP contribution in [-0.4, -0.2) is 44.9 Å². The van der Waals surface area contributed by atoms with Crippen molar-refractivity contribution < 1.29 is 19.1 Å². The lowest BCUT2D eigenvalue weighted by molar-refractivity contribution is -0.183. The van der Waals surface area contributed by atoms with E-state index in [0.717, 1.165) is 24.0 Å². The molecule has 0 bridgehead atoms. The lowest BCUT2D eigenvalue weighted by Gasteiger charge is -2.47. The molecule has 0 saturated carbocycles. The van der Waals surface area contributed by atoms with Gasteiger partial charge in [-0.3, -0.25) is 24.4 Å². The highest BCUT2D eigenvalue weighted by Crippen LogP contribution is 2.30. The fraction of sp³-hybridized carbons (Fsp3) is 0.440. The van der Waals surface area contributed by atoms with E-state index >= 15 is 0 Å². The monoisotopic (exact) mass is 437 g/mol. The Morgan fingerprint density at radius 2 is 1.81 bits per heavy atom. The van der Waals surface area contributed by atoms with E-state index in [1.54, 1.807) is 12.4 Å². The van der Waals surface area contributed by atoms with Crippen molar-refractivity contribution in [1.82, 2.24) is 15.0 Å². The molecule has 1 saturated heterocycles. The van der Waals surface area contributed by atoms with E-state index in [1.807, 2.05) is 49.4 Å². The van der Waals surface area contributed by atoms with Gasteiger partial charge in [-0.05, 0) is 55.9 Å². The minimum Gasteiger partial charge on any atom is -0.461 e. The van der Waals surface area contributed by atoms with E-state index < -0.39 is 11.5 Å². The number of carbonyl (C=O) groups excluding carboxylic acids is 3. The molecule has 1 aromatic carbocycles. The average molecular weight is 438 g/mol. The van der Waals surface area contributed by atoms with Crippen molar-refractivity contribution >= 4 is 17.8 Å². The Balaban J connectivity index is 1.80. The molecule has 32 heavy (non-hydrogen) atoms. The van der Waals surface area contributed by atoms with Gasteiger partial charge in [0.2, 0.25) is 11.8 Å². The molecule has 0 N–H and O–H groups in total. The van der Waals surface area contributed by atoms with Gasteiger partial charge in [0.15, 0.2) is 0 Å². The first-order chi connectivity index (χ1) is 15.4. The number of aryl methyl sites for hydroxylation is 1. The number of hydrogen-bond acceptors (Lipinski definition) is 5. The minimum atomic E-state index is -0.907. The van der Waals surface area contributed by atoms with E-state index in [4.69, 9.17) is 4.74 Å². The summed E-state index contributed by atoms with van der Waals surface area (Å²) < 4.78 is 5.53. The smallest absolute Gasteiger partial charge is 0.308 e. The summed E-state index contributed by atoms with van der Waals surface area (Å²) in [5, 5.41) is 3.03. The Morgan fingerprint density at radius 1 is 1.09 bits per heavy atom. The second-order valence-corrected chi connectivity index (χ2v) is 8.48. The normalized spacial score (nSPS) is 15.7. The van der Waals surface area contributed by atoms with Crippen LogP contribution in [0.15, 0.2) is 54.9 Å². The van der Waals surface area contributed by atoms with E-state index in [0.29, 0.717) is 25.8 Å². The van der Waals surface area contributed by atoms with Crippen LogP contribution in [0.1, 0.15) is 57.1 Å². The molecule has 0 aliphatic carbocycles. The highest BCUT2D eigenvalue weighted by Gasteiger charge is 2.42. The van der Waals surface area contributed by atoms with Crippen molar-refractivity contribution in [1.29, 1.82) is 0 Å². The fourth-order valence-corrected chi connectivity index (χ4v) is 4.18. The average Bonchev–Trinajstić information content (AvgIpc) is 2.79. The predicted molar refractivity (Wildman–Crippen MR) is 120 cm³/mol. The summed E-state index contributed by atoms with van der Waals surface area (Å²) in [6.45, 7) is 3.95. The summed E-state index contributed by atoms with van der Waals surface area (Å²) in [5.74, 6) is -0.741. The zero-order valence-corrected chi connectivity index (χ0v) is 18.8. The Kier molecular flexibility index (Phi) is 7.98. The van der Waals surface area contributed by atoms with Crippen LogP contribution in [0.4, 0.5) is 0 Å². The van der Waals surface area contributed by atoms with Gasteiger partial charge >= 0.3 is 5.97 Å². The van der Waals surface area contributed by atoms with Crippen LogP contribution in [0.25, 0.3) is 0 Å². The van der Waals surface area contributed by atoms with Crippen LogP contribution < -0.4 is 0 Å². The highest BCUT2D eigenvalue weighted by molar-refractivity contribution is 5.83. The van der Waals surface area contributed by atoms with Crippen LogP contribution in [0.5, 0.6) is 0 Å². The first-order valence-electron chi connectivity index (χ1n) is 11.1. The molecule has 170 valence electrons. The first-order valence-corrected chi connectivity index (χ1v) is 11.1. The molecular formula is C25H31N3O4. The molecule has 7 nitrogen and oxygen atoms in total. The largest absolute Gasteiger partial charge is 0.461 e. The minimum absolute atomic E-state index is 0.00568. The molecule has 1 aliphatic heterocycles. The molecule has 2 aromatic rings. The predicted octanol–water partition coefficient (Wildman–Crippen LogP) is 3.68. The van der Waals surface area contributed by atoms with Gasteiger partial charge in [0.05, 0.1) is 12.0 Å². The topological polar surface area (TPSA) is 79.8 Å². The SMILES string of the molecule is CC(=O)N(N1CCCCC1=O)[C@](C)(CCc1ccncc1)CC(=O)OCc1ccccc1. The lowest BCUT2D eigenvalue weighted by Crippen LogP contribution is -2.61. The molecule has 7 heteroatoms. The first kappa shape index (κ1) is 23.4. The van der Waals surface area contributed by atoms with Gasteiger partial charge in [0.1, 0.15) is 6.61 Å². The van der Waals surface area contributed by atoms with Gasteiger partial charge in [0, 0.05) is 32.3 Å². The summed E-state index contributed by atoms with van der Waals surface area (Å²) >= 11 is 0. The second kappa shape index (κ2) is 10.9. The van der Waals surface area contributed by atoms with E-state index in [1.165, 1.54) is 16.9 Å². The van der Waals surface area contributed by atoms with Crippen molar-refractivity contribution in [3.63, 3.8) is 0 Å². The zero-order valence-electron chi connectivity index (χ0n) is 18.8. The summed E-state index contributed by atoms with van der Waals surface area (Å²) in [6, 6.07) is 13.3. The fourth-order valence-electron chi connectivity index (χ4n) is 4.18. The van der Waals surface area contributed by atoms with Gasteiger partial charge in [-0.1, -0.05) is 30.3 Å². The zero-order chi connectivity index (χ0) is 23.0. The molecule has 1 aromatic heterocycles. The molecule has 2 heterocycles. The number of hydrogen-bond donors (Lipinski definition) is 0. The Hall–Kier alpha value is -3.22. The second-order valence-electron chi connectivity index (χ2n) is 8.48. The Labute approximate surface area is 189 Å². The number of carbonyl (C=O) groups is 3. The molecule has 2 amide bonds. The number of amides is 2. The number of esters is 1. The van der Waals surface area contributed by atoms with E-state index in [2.05, 4.69) is 4.98 Å². The van der Waals surface area contributed by atoms with E-state index in [-0.39, 0.29) is 24.8 Å². The van der Waals surface area contributed by atoms with Gasteiger partial charge in [-0.2, -0.15) is 0 Å². The molecule has 0 spiro atoms. The quantitative estimate of drug-likeness (QED) is 0.559. The van der Waals surface area contributed by atoms with Crippen LogP contribution in [0.2, 0.25) is 0 Å². The molecular weight excluding hydrogens is 406 g/mol. The van der Waals surface area contributed by atoms with Gasteiger partial charge in [-0.15, -0.1) is 0 Å². The van der Waals surface area contributed by atoms with Crippen LogP contribution in [0.3, 0.4) is 0 Å². The summed E-state index contributed by atoms with van der Waals surface area (Å²) in [7, 11) is 0.